The number of hydrogen-bond donors (Lipinski definition) is 3. The third kappa shape index (κ3) is 4.81. The molecular formula is C17H18FN3O2. The molecule has 2 aromatic rings. The molecule has 120 valence electrons. The van der Waals surface area contributed by atoms with Gasteiger partial charge in [-0.15, -0.1) is 0 Å². The molecule has 0 saturated carbocycles. The Morgan fingerprint density at radius 1 is 1.17 bits per heavy atom. The third-order valence-electron chi connectivity index (χ3n) is 3.36. The maximum absolute atomic E-state index is 13.1. The van der Waals surface area contributed by atoms with Gasteiger partial charge in [0.2, 0.25) is 5.91 Å². The number of carbonyl (C=O) groups excluding carboxylic acids is 2. The van der Waals surface area contributed by atoms with Gasteiger partial charge in [0.25, 0.3) is 0 Å². The third-order valence-corrected chi connectivity index (χ3v) is 3.36. The standard InChI is InChI=1S/C17H18FN3O2/c1-11-5-6-13(16(19)22)10-15(11)21-17(23)20-8-7-12-3-2-4-14(18)9-12/h2-6,9-10H,7-8H2,1H3,(H2,19,22)(H2,20,21,23). The first-order valence-electron chi connectivity index (χ1n) is 7.15. The summed E-state index contributed by atoms with van der Waals surface area (Å²) < 4.78 is 13.1. The molecular weight excluding hydrogens is 297 g/mol. The van der Waals surface area contributed by atoms with E-state index in [2.05, 4.69) is 10.6 Å². The Labute approximate surface area is 133 Å². The number of aryl methyl sites for hydroxylation is 1. The monoisotopic (exact) mass is 315 g/mol. The Bertz CT molecular complexity index is 732. The van der Waals surface area contributed by atoms with E-state index < -0.39 is 11.9 Å². The molecule has 0 bridgehead atoms. The molecule has 0 saturated heterocycles. The quantitative estimate of drug-likeness (QED) is 0.792. The molecule has 2 aromatic carbocycles. The first-order chi connectivity index (χ1) is 11.0. The van der Waals surface area contributed by atoms with Crippen LogP contribution in [-0.4, -0.2) is 18.5 Å². The van der Waals surface area contributed by atoms with Crippen LogP contribution >= 0.6 is 0 Å². The first kappa shape index (κ1) is 16.5. The van der Waals surface area contributed by atoms with Crippen molar-refractivity contribution in [2.24, 2.45) is 5.73 Å². The molecule has 4 N–H and O–H groups in total. The average Bonchev–Trinajstić information content (AvgIpc) is 2.49. The molecule has 5 nitrogen and oxygen atoms in total. The van der Waals surface area contributed by atoms with Crippen molar-refractivity contribution in [3.63, 3.8) is 0 Å². The number of rotatable bonds is 5. The summed E-state index contributed by atoms with van der Waals surface area (Å²) in [5, 5.41) is 5.36. The van der Waals surface area contributed by atoms with Crippen LogP contribution in [0.15, 0.2) is 42.5 Å². The molecule has 0 heterocycles. The number of primary amides is 1. The molecule has 0 aliphatic carbocycles. The second kappa shape index (κ2) is 7.40. The van der Waals surface area contributed by atoms with Crippen LogP contribution in [0.3, 0.4) is 0 Å². The average molecular weight is 315 g/mol. The van der Waals surface area contributed by atoms with Crippen molar-refractivity contribution in [2.45, 2.75) is 13.3 Å². The summed E-state index contributed by atoms with van der Waals surface area (Å²) in [4.78, 5) is 23.1. The van der Waals surface area contributed by atoms with Crippen molar-refractivity contribution < 1.29 is 14.0 Å². The zero-order valence-electron chi connectivity index (χ0n) is 12.7. The van der Waals surface area contributed by atoms with E-state index in [9.17, 15) is 14.0 Å². The molecule has 6 heteroatoms. The van der Waals surface area contributed by atoms with E-state index in [0.717, 1.165) is 11.1 Å². The Morgan fingerprint density at radius 2 is 1.96 bits per heavy atom. The van der Waals surface area contributed by atoms with Crippen LogP contribution in [0.5, 0.6) is 0 Å². The summed E-state index contributed by atoms with van der Waals surface area (Å²) in [6, 6.07) is 10.7. The summed E-state index contributed by atoms with van der Waals surface area (Å²) >= 11 is 0. The van der Waals surface area contributed by atoms with Crippen molar-refractivity contribution in [3.05, 3.63) is 65.0 Å². The lowest BCUT2D eigenvalue weighted by Crippen LogP contribution is -2.30. The molecule has 0 aromatic heterocycles. The van der Waals surface area contributed by atoms with Gasteiger partial charge in [-0.25, -0.2) is 9.18 Å². The second-order valence-electron chi connectivity index (χ2n) is 5.15. The molecule has 0 aliphatic rings. The number of carbonyl (C=O) groups is 2. The van der Waals surface area contributed by atoms with Crippen LogP contribution in [0.1, 0.15) is 21.5 Å². The van der Waals surface area contributed by atoms with E-state index in [1.54, 1.807) is 24.3 Å². The molecule has 23 heavy (non-hydrogen) atoms. The van der Waals surface area contributed by atoms with Gasteiger partial charge in [-0.2, -0.15) is 0 Å². The van der Waals surface area contributed by atoms with E-state index in [1.807, 2.05) is 6.92 Å². The van der Waals surface area contributed by atoms with Crippen LogP contribution < -0.4 is 16.4 Å². The molecule has 0 unspecified atom stereocenters. The number of urea groups is 1. The molecule has 2 rings (SSSR count). The summed E-state index contributed by atoms with van der Waals surface area (Å²) in [5.41, 5.74) is 7.68. The van der Waals surface area contributed by atoms with E-state index in [-0.39, 0.29) is 5.82 Å². The van der Waals surface area contributed by atoms with Crippen LogP contribution in [-0.2, 0) is 6.42 Å². The SMILES string of the molecule is Cc1ccc(C(N)=O)cc1NC(=O)NCCc1cccc(F)c1. The fourth-order valence-electron chi connectivity index (χ4n) is 2.09. The normalized spacial score (nSPS) is 10.2. The number of nitrogens with two attached hydrogens (primary N) is 1. The molecule has 0 atom stereocenters. The second-order valence-corrected chi connectivity index (χ2v) is 5.15. The lowest BCUT2D eigenvalue weighted by Gasteiger charge is -2.11. The predicted molar refractivity (Wildman–Crippen MR) is 86.8 cm³/mol. The fraction of sp³-hybridized carbons (Fsp3) is 0.176. The first-order valence-corrected chi connectivity index (χ1v) is 7.15. The van der Waals surface area contributed by atoms with Gasteiger partial charge in [-0.1, -0.05) is 18.2 Å². The largest absolute Gasteiger partial charge is 0.366 e. The van der Waals surface area contributed by atoms with Gasteiger partial charge < -0.3 is 16.4 Å². The Hall–Kier alpha value is -2.89. The van der Waals surface area contributed by atoms with Gasteiger partial charge in [0.1, 0.15) is 5.82 Å². The van der Waals surface area contributed by atoms with Crippen LogP contribution in [0.2, 0.25) is 0 Å². The summed E-state index contributed by atoms with van der Waals surface area (Å²) in [6.07, 6.45) is 0.519. The van der Waals surface area contributed by atoms with E-state index >= 15 is 0 Å². The summed E-state index contributed by atoms with van der Waals surface area (Å²) in [7, 11) is 0. The molecule has 0 spiro atoms. The van der Waals surface area contributed by atoms with Crippen molar-refractivity contribution in [3.8, 4) is 0 Å². The summed E-state index contributed by atoms with van der Waals surface area (Å²) in [6.45, 7) is 2.18. The lowest BCUT2D eigenvalue weighted by atomic mass is 10.1. The number of anilines is 1. The molecule has 0 radical (unpaired) electrons. The fourth-order valence-corrected chi connectivity index (χ4v) is 2.09. The highest BCUT2D eigenvalue weighted by Gasteiger charge is 2.08. The summed E-state index contributed by atoms with van der Waals surface area (Å²) in [5.74, 6) is -0.856. The number of nitrogens with one attached hydrogen (secondary N) is 2. The van der Waals surface area contributed by atoms with Gasteiger partial charge in [0, 0.05) is 17.8 Å². The van der Waals surface area contributed by atoms with Crippen LogP contribution in [0.25, 0.3) is 0 Å². The van der Waals surface area contributed by atoms with E-state index in [1.165, 1.54) is 18.2 Å². The van der Waals surface area contributed by atoms with Gasteiger partial charge in [0.15, 0.2) is 0 Å². The topological polar surface area (TPSA) is 84.2 Å². The van der Waals surface area contributed by atoms with Crippen molar-refractivity contribution >= 4 is 17.6 Å². The molecule has 0 fully saturated rings. The minimum absolute atomic E-state index is 0.300. The van der Waals surface area contributed by atoms with Crippen molar-refractivity contribution in [2.75, 3.05) is 11.9 Å². The maximum Gasteiger partial charge on any atom is 0.319 e. The zero-order valence-corrected chi connectivity index (χ0v) is 12.7. The number of halogens is 1. The van der Waals surface area contributed by atoms with Gasteiger partial charge >= 0.3 is 6.03 Å². The van der Waals surface area contributed by atoms with Crippen LogP contribution in [0.4, 0.5) is 14.9 Å². The Balaban J connectivity index is 1.90. The predicted octanol–water partition coefficient (Wildman–Crippen LogP) is 2.60. The van der Waals surface area contributed by atoms with Gasteiger partial charge in [-0.3, -0.25) is 4.79 Å². The van der Waals surface area contributed by atoms with Gasteiger partial charge in [-0.05, 0) is 48.7 Å². The minimum atomic E-state index is -0.556. The molecule has 3 amide bonds. The Morgan fingerprint density at radius 3 is 2.65 bits per heavy atom. The highest BCUT2D eigenvalue weighted by molar-refractivity contribution is 5.96. The number of benzene rings is 2. The molecule has 0 aliphatic heterocycles. The van der Waals surface area contributed by atoms with Gasteiger partial charge in [0.05, 0.1) is 0 Å². The zero-order chi connectivity index (χ0) is 16.8. The maximum atomic E-state index is 13.1. The lowest BCUT2D eigenvalue weighted by molar-refractivity contribution is 0.1000. The van der Waals surface area contributed by atoms with E-state index in [0.29, 0.717) is 24.2 Å². The van der Waals surface area contributed by atoms with Crippen molar-refractivity contribution in [1.82, 2.24) is 5.32 Å². The van der Waals surface area contributed by atoms with Crippen molar-refractivity contribution in [1.29, 1.82) is 0 Å². The number of amides is 3. The highest BCUT2D eigenvalue weighted by atomic mass is 19.1. The minimum Gasteiger partial charge on any atom is -0.366 e. The van der Waals surface area contributed by atoms with Crippen LogP contribution in [0, 0.1) is 12.7 Å². The van der Waals surface area contributed by atoms with E-state index in [4.69, 9.17) is 5.73 Å². The Kier molecular flexibility index (Phi) is 5.30. The number of hydrogen-bond acceptors (Lipinski definition) is 2. The highest BCUT2D eigenvalue weighted by Crippen LogP contribution is 2.16. The smallest absolute Gasteiger partial charge is 0.319 e.